The van der Waals surface area contributed by atoms with E-state index in [2.05, 4.69) is 71.5 Å². The highest BCUT2D eigenvalue weighted by Gasteiger charge is 2.12. The van der Waals surface area contributed by atoms with E-state index in [1.165, 1.54) is 11.0 Å². The van der Waals surface area contributed by atoms with Gasteiger partial charge in [0.25, 0.3) is 0 Å². The van der Waals surface area contributed by atoms with Crippen molar-refractivity contribution in [1.29, 1.82) is 0 Å². The molecule has 0 bridgehead atoms. The molecule has 2 aromatic carbocycles. The number of hydrogen-bond donors (Lipinski definition) is 2. The van der Waals surface area contributed by atoms with Crippen LogP contribution in [0.15, 0.2) is 54.6 Å². The van der Waals surface area contributed by atoms with E-state index in [1.807, 2.05) is 35.2 Å². The molecule has 1 N–H and O–H groups in total. The van der Waals surface area contributed by atoms with Crippen molar-refractivity contribution in [2.24, 2.45) is 7.05 Å². The van der Waals surface area contributed by atoms with Gasteiger partial charge in [-0.3, -0.25) is 9.67 Å². The molecule has 2 aromatic heterocycles. The summed E-state index contributed by atoms with van der Waals surface area (Å²) < 4.78 is 3.92. The van der Waals surface area contributed by atoms with E-state index >= 15 is 0 Å². The van der Waals surface area contributed by atoms with Crippen LogP contribution in [-0.2, 0) is 13.5 Å². The Morgan fingerprint density at radius 3 is 2.79 bits per heavy atom. The average molecular weight is 410 g/mol. The van der Waals surface area contributed by atoms with Crippen molar-refractivity contribution in [3.8, 4) is 0 Å². The van der Waals surface area contributed by atoms with Crippen molar-refractivity contribution in [3.63, 3.8) is 0 Å². The fraction of sp³-hybridized carbons (Fsp3) is 0.238. The molecule has 5 nitrogen and oxygen atoms in total. The molecule has 0 aliphatic heterocycles. The van der Waals surface area contributed by atoms with Crippen molar-refractivity contribution < 1.29 is 0 Å². The molecule has 0 fully saturated rings. The van der Waals surface area contributed by atoms with Crippen LogP contribution in [-0.4, -0.2) is 27.9 Å². The SMILES string of the molecule is CC(Cc1ccc2ccc(N(C)SS)cc2n1)Nc1nn(C)c2ccccc12. The number of rotatable bonds is 6. The number of benzene rings is 2. The smallest absolute Gasteiger partial charge is 0.156 e. The van der Waals surface area contributed by atoms with E-state index in [4.69, 9.17) is 4.98 Å². The number of fused-ring (bicyclic) bond motifs is 2. The molecule has 7 heteroatoms. The first-order valence-corrected chi connectivity index (χ1v) is 11.0. The molecule has 144 valence electrons. The van der Waals surface area contributed by atoms with Gasteiger partial charge in [0.1, 0.15) is 0 Å². The van der Waals surface area contributed by atoms with Crippen molar-refractivity contribution in [1.82, 2.24) is 14.8 Å². The lowest BCUT2D eigenvalue weighted by molar-refractivity contribution is 0.749. The van der Waals surface area contributed by atoms with E-state index in [0.717, 1.165) is 45.4 Å². The number of nitrogens with zero attached hydrogens (tertiary/aromatic N) is 4. The van der Waals surface area contributed by atoms with Crippen LogP contribution in [0.25, 0.3) is 21.8 Å². The molecule has 28 heavy (non-hydrogen) atoms. The fourth-order valence-electron chi connectivity index (χ4n) is 3.42. The lowest BCUT2D eigenvalue weighted by atomic mass is 10.1. The van der Waals surface area contributed by atoms with Crippen LogP contribution < -0.4 is 9.62 Å². The second-order valence-electron chi connectivity index (χ2n) is 7.00. The van der Waals surface area contributed by atoms with Crippen LogP contribution in [0, 0.1) is 0 Å². The zero-order valence-electron chi connectivity index (χ0n) is 16.1. The quantitative estimate of drug-likeness (QED) is 0.264. The number of hydrogen-bond acceptors (Lipinski definition) is 6. The van der Waals surface area contributed by atoms with Gasteiger partial charge in [0.05, 0.1) is 11.0 Å². The highest BCUT2D eigenvalue weighted by molar-refractivity contribution is 8.69. The number of aromatic nitrogens is 3. The number of aryl methyl sites for hydroxylation is 1. The predicted octanol–water partition coefficient (Wildman–Crippen LogP) is 5.09. The van der Waals surface area contributed by atoms with Crippen molar-refractivity contribution in [2.75, 3.05) is 16.7 Å². The van der Waals surface area contributed by atoms with Crippen LogP contribution in [0.2, 0.25) is 0 Å². The minimum Gasteiger partial charge on any atom is -0.365 e. The number of pyridine rings is 1. The van der Waals surface area contributed by atoms with Gasteiger partial charge in [-0.25, -0.2) is 0 Å². The molecule has 0 radical (unpaired) electrons. The summed E-state index contributed by atoms with van der Waals surface area (Å²) >= 11 is 4.27. The molecule has 1 atom stereocenters. The largest absolute Gasteiger partial charge is 0.365 e. The second-order valence-corrected chi connectivity index (χ2v) is 8.20. The molecule has 0 spiro atoms. The second kappa shape index (κ2) is 7.93. The third-order valence-electron chi connectivity index (χ3n) is 4.88. The minimum atomic E-state index is 0.210. The Hall–Kier alpha value is -2.38. The number of nitrogens with one attached hydrogen (secondary N) is 1. The molecule has 4 rings (SSSR count). The first kappa shape index (κ1) is 19.0. The van der Waals surface area contributed by atoms with E-state index in [1.54, 1.807) is 0 Å². The Labute approximate surface area is 174 Å². The van der Waals surface area contributed by atoms with Gasteiger partial charge in [0, 0.05) is 59.7 Å². The molecule has 0 aliphatic carbocycles. The summed E-state index contributed by atoms with van der Waals surface area (Å²) in [6, 6.07) is 19.0. The minimum absolute atomic E-state index is 0.210. The van der Waals surface area contributed by atoms with Crippen LogP contribution in [0.5, 0.6) is 0 Å². The van der Waals surface area contributed by atoms with Crippen molar-refractivity contribution in [2.45, 2.75) is 19.4 Å². The summed E-state index contributed by atoms with van der Waals surface area (Å²) in [5, 5.41) is 10.5. The molecule has 0 saturated heterocycles. The lowest BCUT2D eigenvalue weighted by Crippen LogP contribution is -2.19. The topological polar surface area (TPSA) is 46.0 Å². The summed E-state index contributed by atoms with van der Waals surface area (Å²) in [4.78, 5) is 4.88. The van der Waals surface area contributed by atoms with E-state index in [9.17, 15) is 0 Å². The highest BCUT2D eigenvalue weighted by atomic mass is 33.1. The summed E-state index contributed by atoms with van der Waals surface area (Å²) in [5.41, 5.74) is 4.27. The van der Waals surface area contributed by atoms with Gasteiger partial charge in [-0.1, -0.05) is 35.9 Å². The summed E-state index contributed by atoms with van der Waals surface area (Å²) in [6.07, 6.45) is 0.822. The van der Waals surface area contributed by atoms with Gasteiger partial charge in [0.15, 0.2) is 5.82 Å². The summed E-state index contributed by atoms with van der Waals surface area (Å²) in [5.74, 6) is 0.918. The number of para-hydroxylation sites is 1. The molecule has 2 heterocycles. The molecule has 0 amide bonds. The number of thiol groups is 1. The first-order valence-electron chi connectivity index (χ1n) is 9.18. The Bertz CT molecular complexity index is 1120. The van der Waals surface area contributed by atoms with E-state index < -0.39 is 0 Å². The van der Waals surface area contributed by atoms with Crippen LogP contribution in [0.4, 0.5) is 11.5 Å². The maximum atomic E-state index is 4.88. The third kappa shape index (κ3) is 3.77. The van der Waals surface area contributed by atoms with Gasteiger partial charge >= 0.3 is 0 Å². The Morgan fingerprint density at radius 2 is 1.96 bits per heavy atom. The molecule has 0 aliphatic rings. The number of anilines is 2. The average Bonchev–Trinajstić information content (AvgIpc) is 3.02. The zero-order valence-corrected chi connectivity index (χ0v) is 17.8. The highest BCUT2D eigenvalue weighted by Crippen LogP contribution is 2.27. The van der Waals surface area contributed by atoms with Crippen molar-refractivity contribution in [3.05, 3.63) is 60.3 Å². The van der Waals surface area contributed by atoms with Gasteiger partial charge in [0.2, 0.25) is 0 Å². The Balaban J connectivity index is 1.55. The molecule has 0 saturated carbocycles. The van der Waals surface area contributed by atoms with Crippen LogP contribution >= 0.6 is 22.6 Å². The predicted molar refractivity (Wildman–Crippen MR) is 124 cm³/mol. The van der Waals surface area contributed by atoms with Crippen LogP contribution in [0.3, 0.4) is 0 Å². The zero-order chi connectivity index (χ0) is 19.7. The maximum absolute atomic E-state index is 4.88. The van der Waals surface area contributed by atoms with Crippen molar-refractivity contribution >= 4 is 56.0 Å². The first-order chi connectivity index (χ1) is 13.5. The van der Waals surface area contributed by atoms with Gasteiger partial charge in [-0.2, -0.15) is 5.10 Å². The van der Waals surface area contributed by atoms with Gasteiger partial charge < -0.3 is 9.62 Å². The third-order valence-corrected chi connectivity index (χ3v) is 6.07. The van der Waals surface area contributed by atoms with Gasteiger partial charge in [-0.15, -0.1) is 0 Å². The standard InChI is InChI=1S/C21H23N5S2/c1-14(22-21-18-6-4-5-7-20(18)25(2)24-21)12-16-10-8-15-9-11-17(26(3)28-27)13-19(15)23-16/h4-11,13-14,27H,12H2,1-3H3,(H,22,24). The maximum Gasteiger partial charge on any atom is 0.156 e. The Morgan fingerprint density at radius 1 is 1.18 bits per heavy atom. The lowest BCUT2D eigenvalue weighted by Gasteiger charge is -2.16. The Kier molecular flexibility index (Phi) is 5.37. The summed E-state index contributed by atoms with van der Waals surface area (Å²) in [7, 11) is 5.35. The molecule has 4 aromatic rings. The fourth-order valence-corrected chi connectivity index (χ4v) is 3.91. The van der Waals surface area contributed by atoms with E-state index in [-0.39, 0.29) is 6.04 Å². The van der Waals surface area contributed by atoms with E-state index in [0.29, 0.717) is 0 Å². The monoisotopic (exact) mass is 409 g/mol. The normalized spacial score (nSPS) is 12.4. The summed E-state index contributed by atoms with van der Waals surface area (Å²) in [6.45, 7) is 2.16. The molecule has 1 unspecified atom stereocenters. The molecular weight excluding hydrogens is 386 g/mol. The van der Waals surface area contributed by atoms with Crippen LogP contribution in [0.1, 0.15) is 12.6 Å². The molecular formula is C21H23N5S2. The van der Waals surface area contributed by atoms with Gasteiger partial charge in [-0.05, 0) is 37.3 Å².